The lowest BCUT2D eigenvalue weighted by Gasteiger charge is -2.06. The fourth-order valence-electron chi connectivity index (χ4n) is 2.53. The first-order valence-corrected chi connectivity index (χ1v) is 8.51. The molecule has 8 heteroatoms. The summed E-state index contributed by atoms with van der Waals surface area (Å²) >= 11 is 1.26. The Labute approximate surface area is 150 Å². The number of halogens is 2. The summed E-state index contributed by atoms with van der Waals surface area (Å²) < 4.78 is 28.9. The fraction of sp³-hybridized carbons (Fsp3) is 0.0556. The van der Waals surface area contributed by atoms with E-state index in [4.69, 9.17) is 0 Å². The third-order valence-electron chi connectivity index (χ3n) is 3.68. The number of aromatic nitrogens is 3. The monoisotopic (exact) mass is 370 g/mol. The van der Waals surface area contributed by atoms with Gasteiger partial charge in [0, 0.05) is 11.6 Å². The molecule has 0 atom stereocenters. The molecule has 2 aromatic carbocycles. The van der Waals surface area contributed by atoms with E-state index in [0.717, 1.165) is 6.07 Å². The molecule has 0 aliphatic carbocycles. The standard InChI is InChI=1S/C18H12F2N4OS/c1-10-7-16(22-17(25)11-3-2-4-12(19)8-11)24(23-10)18-21-14-6-5-13(20)9-15(14)26-18/h2-9H,1H3,(H,22,25). The summed E-state index contributed by atoms with van der Waals surface area (Å²) in [5, 5.41) is 7.56. The van der Waals surface area contributed by atoms with Gasteiger partial charge in [-0.1, -0.05) is 17.4 Å². The van der Waals surface area contributed by atoms with Crippen molar-refractivity contribution in [1.82, 2.24) is 14.8 Å². The van der Waals surface area contributed by atoms with Crippen LogP contribution in [0.4, 0.5) is 14.6 Å². The molecular formula is C18H12F2N4OS. The third-order valence-corrected chi connectivity index (χ3v) is 4.67. The molecule has 2 heterocycles. The minimum Gasteiger partial charge on any atom is -0.306 e. The molecule has 0 saturated heterocycles. The van der Waals surface area contributed by atoms with Gasteiger partial charge in [-0.3, -0.25) is 4.79 Å². The van der Waals surface area contributed by atoms with Crippen LogP contribution in [-0.4, -0.2) is 20.7 Å². The summed E-state index contributed by atoms with van der Waals surface area (Å²) in [6.45, 7) is 1.78. The molecule has 0 bridgehead atoms. The highest BCUT2D eigenvalue weighted by atomic mass is 32.1. The number of carbonyl (C=O) groups is 1. The topological polar surface area (TPSA) is 59.8 Å². The van der Waals surface area contributed by atoms with Crippen molar-refractivity contribution in [3.63, 3.8) is 0 Å². The zero-order valence-corrected chi connectivity index (χ0v) is 14.3. The first kappa shape index (κ1) is 16.3. The summed E-state index contributed by atoms with van der Waals surface area (Å²) in [6.07, 6.45) is 0. The molecule has 1 N–H and O–H groups in total. The van der Waals surface area contributed by atoms with Crippen LogP contribution in [0.25, 0.3) is 15.3 Å². The quantitative estimate of drug-likeness (QED) is 0.584. The Balaban J connectivity index is 1.71. The molecule has 0 unspecified atom stereocenters. The lowest BCUT2D eigenvalue weighted by atomic mass is 10.2. The number of amides is 1. The van der Waals surface area contributed by atoms with Crippen molar-refractivity contribution in [2.75, 3.05) is 5.32 Å². The lowest BCUT2D eigenvalue weighted by Crippen LogP contribution is -2.15. The summed E-state index contributed by atoms with van der Waals surface area (Å²) in [7, 11) is 0. The highest BCUT2D eigenvalue weighted by molar-refractivity contribution is 7.20. The molecule has 130 valence electrons. The number of anilines is 1. The minimum absolute atomic E-state index is 0.196. The maximum Gasteiger partial charge on any atom is 0.256 e. The van der Waals surface area contributed by atoms with Crippen molar-refractivity contribution >= 4 is 33.3 Å². The highest BCUT2D eigenvalue weighted by Crippen LogP contribution is 2.28. The van der Waals surface area contributed by atoms with Crippen LogP contribution in [0.15, 0.2) is 48.5 Å². The van der Waals surface area contributed by atoms with Crippen LogP contribution >= 0.6 is 11.3 Å². The van der Waals surface area contributed by atoms with Crippen LogP contribution < -0.4 is 5.32 Å². The number of rotatable bonds is 3. The summed E-state index contributed by atoms with van der Waals surface area (Å²) in [5.74, 6) is -0.895. The molecule has 0 saturated carbocycles. The number of nitrogens with zero attached hydrogens (tertiary/aromatic N) is 3. The Morgan fingerprint density at radius 2 is 1.92 bits per heavy atom. The summed E-state index contributed by atoms with van der Waals surface area (Å²) in [4.78, 5) is 16.8. The average molecular weight is 370 g/mol. The smallest absolute Gasteiger partial charge is 0.256 e. The van der Waals surface area contributed by atoms with Crippen LogP contribution in [0.1, 0.15) is 16.1 Å². The van der Waals surface area contributed by atoms with E-state index in [-0.39, 0.29) is 11.4 Å². The Kier molecular flexibility index (Phi) is 3.96. The second-order valence-corrected chi connectivity index (χ2v) is 6.66. The second kappa shape index (κ2) is 6.30. The Morgan fingerprint density at radius 3 is 2.73 bits per heavy atom. The van der Waals surface area contributed by atoms with Crippen LogP contribution in [0, 0.1) is 18.6 Å². The molecule has 2 aromatic heterocycles. The Morgan fingerprint density at radius 1 is 1.12 bits per heavy atom. The van der Waals surface area contributed by atoms with E-state index in [1.165, 1.54) is 46.4 Å². The van der Waals surface area contributed by atoms with Crippen molar-refractivity contribution < 1.29 is 13.6 Å². The predicted molar refractivity (Wildman–Crippen MR) is 95.8 cm³/mol. The second-order valence-electron chi connectivity index (χ2n) is 5.66. The van der Waals surface area contributed by atoms with Crippen LogP contribution in [-0.2, 0) is 0 Å². The number of nitrogens with one attached hydrogen (secondary N) is 1. The Bertz CT molecular complexity index is 1140. The predicted octanol–water partition coefficient (Wildman–Crippen LogP) is 4.32. The number of fused-ring (bicyclic) bond motifs is 1. The molecule has 4 aromatic rings. The van der Waals surface area contributed by atoms with Crippen LogP contribution in [0.2, 0.25) is 0 Å². The van der Waals surface area contributed by atoms with Crippen molar-refractivity contribution in [1.29, 1.82) is 0 Å². The van der Waals surface area contributed by atoms with Gasteiger partial charge in [0.15, 0.2) is 0 Å². The molecule has 0 aliphatic rings. The van der Waals surface area contributed by atoms with Crippen molar-refractivity contribution in [3.8, 4) is 5.13 Å². The maximum absolute atomic E-state index is 13.4. The molecule has 26 heavy (non-hydrogen) atoms. The van der Waals surface area contributed by atoms with E-state index in [0.29, 0.717) is 26.9 Å². The van der Waals surface area contributed by atoms with Gasteiger partial charge in [-0.05, 0) is 43.3 Å². The molecule has 0 fully saturated rings. The number of hydrogen-bond acceptors (Lipinski definition) is 4. The van der Waals surface area contributed by atoms with Crippen LogP contribution in [0.5, 0.6) is 0 Å². The van der Waals surface area contributed by atoms with Gasteiger partial charge in [-0.15, -0.1) is 0 Å². The highest BCUT2D eigenvalue weighted by Gasteiger charge is 2.16. The number of carbonyl (C=O) groups excluding carboxylic acids is 1. The van der Waals surface area contributed by atoms with Crippen molar-refractivity contribution in [2.24, 2.45) is 0 Å². The average Bonchev–Trinajstić information content (AvgIpc) is 3.17. The number of thiazole rings is 1. The zero-order chi connectivity index (χ0) is 18.3. The number of aryl methyl sites for hydroxylation is 1. The van der Waals surface area contributed by atoms with E-state index in [1.807, 2.05) is 0 Å². The van der Waals surface area contributed by atoms with Gasteiger partial charge in [-0.25, -0.2) is 13.8 Å². The molecule has 5 nitrogen and oxygen atoms in total. The van der Waals surface area contributed by atoms with Gasteiger partial charge in [0.1, 0.15) is 17.5 Å². The van der Waals surface area contributed by atoms with Crippen molar-refractivity contribution in [2.45, 2.75) is 6.92 Å². The van der Waals surface area contributed by atoms with Gasteiger partial charge in [-0.2, -0.15) is 9.78 Å². The van der Waals surface area contributed by atoms with Crippen molar-refractivity contribution in [3.05, 3.63) is 71.4 Å². The number of benzene rings is 2. The lowest BCUT2D eigenvalue weighted by molar-refractivity contribution is 0.102. The first-order chi connectivity index (χ1) is 12.5. The molecule has 0 radical (unpaired) electrons. The number of hydrogen-bond donors (Lipinski definition) is 1. The molecular weight excluding hydrogens is 358 g/mol. The van der Waals surface area contributed by atoms with E-state index in [9.17, 15) is 13.6 Å². The third kappa shape index (κ3) is 3.06. The molecule has 4 rings (SSSR count). The van der Waals surface area contributed by atoms with E-state index < -0.39 is 11.7 Å². The minimum atomic E-state index is -0.490. The van der Waals surface area contributed by atoms with Gasteiger partial charge in [0.25, 0.3) is 5.91 Å². The SMILES string of the molecule is Cc1cc(NC(=O)c2cccc(F)c2)n(-c2nc3ccc(F)cc3s2)n1. The van der Waals surface area contributed by atoms with Gasteiger partial charge in [0.2, 0.25) is 5.13 Å². The van der Waals surface area contributed by atoms with Gasteiger partial charge >= 0.3 is 0 Å². The van der Waals surface area contributed by atoms with Crippen LogP contribution in [0.3, 0.4) is 0 Å². The normalized spacial score (nSPS) is 11.0. The molecule has 1 amide bonds. The van der Waals surface area contributed by atoms with E-state index in [2.05, 4.69) is 15.4 Å². The van der Waals surface area contributed by atoms with Gasteiger partial charge in [0.05, 0.1) is 15.9 Å². The maximum atomic E-state index is 13.4. The largest absolute Gasteiger partial charge is 0.306 e. The van der Waals surface area contributed by atoms with Gasteiger partial charge < -0.3 is 5.32 Å². The summed E-state index contributed by atoms with van der Waals surface area (Å²) in [5.41, 5.74) is 1.51. The molecule has 0 aliphatic heterocycles. The fourth-order valence-corrected chi connectivity index (χ4v) is 3.49. The Hall–Kier alpha value is -3.13. The first-order valence-electron chi connectivity index (χ1n) is 7.70. The van der Waals surface area contributed by atoms with E-state index >= 15 is 0 Å². The molecule has 0 spiro atoms. The summed E-state index contributed by atoms with van der Waals surface area (Å²) in [6, 6.07) is 11.4. The zero-order valence-electron chi connectivity index (χ0n) is 13.5. The van der Waals surface area contributed by atoms with E-state index in [1.54, 1.807) is 19.1 Å².